The number of alkyl halides is 7. The van der Waals surface area contributed by atoms with Crippen molar-refractivity contribution in [1.29, 1.82) is 0 Å². The lowest BCUT2D eigenvalue weighted by Crippen LogP contribution is -2.60. The van der Waals surface area contributed by atoms with Gasteiger partial charge < -0.3 is 5.11 Å². The largest absolute Gasteiger partial charge is 0.428 e. The van der Waals surface area contributed by atoms with Gasteiger partial charge in [-0.05, 0) is 44.2 Å². The number of hydroxylamine groups is 1. The number of benzene rings is 1. The first kappa shape index (κ1) is 26.6. The molecule has 3 heterocycles. The van der Waals surface area contributed by atoms with E-state index in [1.807, 2.05) is 0 Å². The molecule has 0 bridgehead atoms. The molecule has 196 valence electrons. The molecule has 1 fully saturated rings. The fourth-order valence-corrected chi connectivity index (χ4v) is 4.49. The molecule has 1 atom stereocenters. The number of nitrogens with zero attached hydrogens (tertiary/aromatic N) is 2. The average Bonchev–Trinajstić information content (AvgIpc) is 3.18. The highest BCUT2D eigenvalue weighted by molar-refractivity contribution is 6.31. The lowest BCUT2D eigenvalue weighted by Gasteiger charge is -2.46. The first-order valence-corrected chi connectivity index (χ1v) is 11.0. The highest BCUT2D eigenvalue weighted by Crippen LogP contribution is 2.49. The Morgan fingerprint density at radius 1 is 1.11 bits per heavy atom. The van der Waals surface area contributed by atoms with Gasteiger partial charge in [-0.3, -0.25) is 20.2 Å². The van der Waals surface area contributed by atoms with Crippen LogP contribution in [0.1, 0.15) is 36.2 Å². The summed E-state index contributed by atoms with van der Waals surface area (Å²) in [5.74, 6) is 0. The molecule has 0 spiro atoms. The number of pyridine rings is 1. The van der Waals surface area contributed by atoms with Crippen LogP contribution in [0, 0.1) is 0 Å². The van der Waals surface area contributed by atoms with Crippen LogP contribution in [-0.4, -0.2) is 46.4 Å². The molecule has 4 rings (SSSR count). The van der Waals surface area contributed by atoms with Crippen LogP contribution in [0.2, 0.25) is 5.02 Å². The van der Waals surface area contributed by atoms with Gasteiger partial charge in [-0.2, -0.15) is 26.3 Å². The van der Waals surface area contributed by atoms with Crippen LogP contribution in [0.15, 0.2) is 42.6 Å². The predicted molar refractivity (Wildman–Crippen MR) is 116 cm³/mol. The summed E-state index contributed by atoms with van der Waals surface area (Å²) < 4.78 is 97.3. The van der Waals surface area contributed by atoms with Gasteiger partial charge >= 0.3 is 12.4 Å². The van der Waals surface area contributed by atoms with Crippen molar-refractivity contribution in [1.82, 2.24) is 15.4 Å². The standard InChI is InChI=1S/C23H21ClF7N3O2/c1-19(2,35)10-34-11-20(25,12-34)18-6-3-13(9-32-18)17-8-21(36-33-17,23(29,30)31)14-4-5-16(24)15(7-14)22(26,27)28/h3-9,33,35H,10-12H2,1-2H3. The molecule has 1 aromatic carbocycles. The molecule has 2 N–H and O–H groups in total. The summed E-state index contributed by atoms with van der Waals surface area (Å²) in [6, 6.07) is 4.47. The first-order valence-electron chi connectivity index (χ1n) is 10.6. The fourth-order valence-electron chi connectivity index (χ4n) is 4.26. The Morgan fingerprint density at radius 3 is 2.31 bits per heavy atom. The van der Waals surface area contributed by atoms with Crippen molar-refractivity contribution in [2.45, 2.75) is 43.1 Å². The zero-order valence-corrected chi connectivity index (χ0v) is 19.7. The summed E-state index contributed by atoms with van der Waals surface area (Å²) in [4.78, 5) is 10.6. The number of likely N-dealkylation sites (tertiary alicyclic amines) is 1. The number of aromatic nitrogens is 1. The number of hydrogen-bond donors (Lipinski definition) is 2. The molecule has 2 aliphatic heterocycles. The molecule has 36 heavy (non-hydrogen) atoms. The molecule has 1 saturated heterocycles. The van der Waals surface area contributed by atoms with Gasteiger partial charge in [0.15, 0.2) is 5.67 Å². The summed E-state index contributed by atoms with van der Waals surface area (Å²) in [7, 11) is 0. The molecule has 2 aliphatic rings. The fraction of sp³-hybridized carbons (Fsp3) is 0.435. The zero-order valence-electron chi connectivity index (χ0n) is 18.9. The molecule has 1 unspecified atom stereocenters. The van der Waals surface area contributed by atoms with E-state index in [1.54, 1.807) is 18.7 Å². The van der Waals surface area contributed by atoms with Crippen LogP contribution in [0.5, 0.6) is 0 Å². The van der Waals surface area contributed by atoms with Gasteiger partial charge in [-0.1, -0.05) is 17.7 Å². The maximum Gasteiger partial charge on any atom is 0.428 e. The minimum atomic E-state index is -5.15. The molecule has 13 heteroatoms. The van der Waals surface area contributed by atoms with E-state index in [9.17, 15) is 31.4 Å². The summed E-state index contributed by atoms with van der Waals surface area (Å²) in [5, 5.41) is 9.10. The number of halogens is 8. The second kappa shape index (κ2) is 8.57. The van der Waals surface area contributed by atoms with Crippen molar-refractivity contribution in [3.63, 3.8) is 0 Å². The van der Waals surface area contributed by atoms with Crippen molar-refractivity contribution < 1.29 is 40.7 Å². The van der Waals surface area contributed by atoms with Crippen LogP contribution >= 0.6 is 11.6 Å². The average molecular weight is 540 g/mol. The molecule has 0 radical (unpaired) electrons. The molecule has 2 aromatic rings. The third kappa shape index (κ3) is 4.91. The van der Waals surface area contributed by atoms with Gasteiger partial charge in [0.25, 0.3) is 0 Å². The lowest BCUT2D eigenvalue weighted by molar-refractivity contribution is -0.269. The van der Waals surface area contributed by atoms with Crippen LogP contribution in [0.4, 0.5) is 30.7 Å². The minimum absolute atomic E-state index is 0.0112. The van der Waals surface area contributed by atoms with E-state index in [4.69, 9.17) is 16.4 Å². The Labute approximate surface area is 206 Å². The van der Waals surface area contributed by atoms with Crippen LogP contribution < -0.4 is 5.48 Å². The summed E-state index contributed by atoms with van der Waals surface area (Å²) >= 11 is 5.55. The molecule has 5 nitrogen and oxygen atoms in total. The Kier molecular flexibility index (Phi) is 6.35. The Hall–Kier alpha value is -2.41. The maximum absolute atomic E-state index is 15.1. The van der Waals surface area contributed by atoms with Crippen LogP contribution in [0.3, 0.4) is 0 Å². The quantitative estimate of drug-likeness (QED) is 0.503. The lowest BCUT2D eigenvalue weighted by atomic mass is 9.89. The van der Waals surface area contributed by atoms with E-state index >= 15 is 4.39 Å². The van der Waals surface area contributed by atoms with Gasteiger partial charge in [0.1, 0.15) is 0 Å². The molecule has 1 aromatic heterocycles. The monoisotopic (exact) mass is 539 g/mol. The second-order valence-electron chi connectivity index (χ2n) is 9.54. The molecule has 0 amide bonds. The maximum atomic E-state index is 15.1. The summed E-state index contributed by atoms with van der Waals surface area (Å²) in [6.07, 6.45) is -8.38. The van der Waals surface area contributed by atoms with Gasteiger partial charge in [-0.25, -0.2) is 4.39 Å². The van der Waals surface area contributed by atoms with E-state index in [0.717, 1.165) is 18.3 Å². The molecule has 0 aliphatic carbocycles. The third-order valence-electron chi connectivity index (χ3n) is 5.88. The summed E-state index contributed by atoms with van der Waals surface area (Å²) in [5.41, 5.74) is -6.22. The zero-order chi connectivity index (χ0) is 26.7. The minimum Gasteiger partial charge on any atom is -0.389 e. The van der Waals surface area contributed by atoms with Crippen molar-refractivity contribution in [3.05, 3.63) is 70.0 Å². The second-order valence-corrected chi connectivity index (χ2v) is 9.95. The number of rotatable bonds is 5. The summed E-state index contributed by atoms with van der Waals surface area (Å²) in [6.45, 7) is 3.42. The van der Waals surface area contributed by atoms with E-state index < -0.39 is 45.4 Å². The highest BCUT2D eigenvalue weighted by atomic mass is 35.5. The smallest absolute Gasteiger partial charge is 0.389 e. The molecule has 0 saturated carbocycles. The normalized spacial score (nSPS) is 22.7. The number of nitrogens with one attached hydrogen (secondary N) is 1. The van der Waals surface area contributed by atoms with Crippen molar-refractivity contribution >= 4 is 17.3 Å². The van der Waals surface area contributed by atoms with Gasteiger partial charge in [0, 0.05) is 37.0 Å². The SMILES string of the molecule is CC(C)(O)CN1CC(F)(c2ccc(C3=CC(c4ccc(Cl)c(C(F)(F)F)c4)(C(F)(F)F)ON3)cn2)C1. The van der Waals surface area contributed by atoms with E-state index in [-0.39, 0.29) is 36.6 Å². The molecular formula is C23H21ClF7N3O2. The predicted octanol–water partition coefficient (Wildman–Crippen LogP) is 5.34. The number of aliphatic hydroxyl groups is 1. The van der Waals surface area contributed by atoms with Crippen molar-refractivity contribution in [2.24, 2.45) is 0 Å². The Balaban J connectivity index is 1.62. The van der Waals surface area contributed by atoms with Gasteiger partial charge in [0.05, 0.1) is 27.6 Å². The number of hydrogen-bond acceptors (Lipinski definition) is 5. The first-order chi connectivity index (χ1) is 16.4. The van der Waals surface area contributed by atoms with Crippen molar-refractivity contribution in [2.75, 3.05) is 19.6 Å². The Morgan fingerprint density at radius 2 is 1.78 bits per heavy atom. The van der Waals surface area contributed by atoms with Crippen molar-refractivity contribution in [3.8, 4) is 0 Å². The van der Waals surface area contributed by atoms with Gasteiger partial charge in [0.2, 0.25) is 5.60 Å². The Bertz CT molecular complexity index is 1170. The third-order valence-corrected chi connectivity index (χ3v) is 6.21. The van der Waals surface area contributed by atoms with E-state index in [0.29, 0.717) is 12.1 Å². The topological polar surface area (TPSA) is 57.6 Å². The van der Waals surface area contributed by atoms with Crippen LogP contribution in [0.25, 0.3) is 5.70 Å². The molecular weight excluding hydrogens is 519 g/mol. The van der Waals surface area contributed by atoms with Gasteiger partial charge in [-0.15, -0.1) is 0 Å². The highest BCUT2D eigenvalue weighted by Gasteiger charge is 2.60. The van der Waals surface area contributed by atoms with E-state index in [2.05, 4.69) is 10.5 Å². The van der Waals surface area contributed by atoms with E-state index in [1.165, 1.54) is 12.1 Å². The number of β-amino-alcohol motifs (C(OH)–C–C–N with tert-alkyl or cyclic N) is 1. The van der Waals surface area contributed by atoms with Crippen LogP contribution in [-0.2, 0) is 22.3 Å².